The van der Waals surface area contributed by atoms with Crippen LogP contribution in [0.2, 0.25) is 5.02 Å². The van der Waals surface area contributed by atoms with Crippen LogP contribution in [0.1, 0.15) is 17.5 Å². The summed E-state index contributed by atoms with van der Waals surface area (Å²) in [4.78, 5) is 11.5. The van der Waals surface area contributed by atoms with Crippen LogP contribution in [-0.2, 0) is 15.1 Å². The Bertz CT molecular complexity index is 474. The van der Waals surface area contributed by atoms with Gasteiger partial charge in [-0.2, -0.15) is 0 Å². The van der Waals surface area contributed by atoms with E-state index in [1.807, 2.05) is 25.1 Å². The number of nitrogens with one attached hydrogen (secondary N) is 1. The Morgan fingerprint density at radius 3 is 2.94 bits per heavy atom. The summed E-state index contributed by atoms with van der Waals surface area (Å²) < 4.78 is 5.48. The normalized spacial score (nSPS) is 31.9. The molecule has 2 bridgehead atoms. The monoisotopic (exact) mass is 237 g/mol. The van der Waals surface area contributed by atoms with Gasteiger partial charge in [0.05, 0.1) is 0 Å². The molecule has 0 spiro atoms. The van der Waals surface area contributed by atoms with E-state index in [0.29, 0.717) is 6.54 Å². The third-order valence-corrected chi connectivity index (χ3v) is 3.86. The van der Waals surface area contributed by atoms with Gasteiger partial charge in [0, 0.05) is 18.0 Å². The predicted octanol–water partition coefficient (Wildman–Crippen LogP) is 1.76. The lowest BCUT2D eigenvalue weighted by molar-refractivity contribution is -0.153. The molecule has 0 saturated carbocycles. The van der Waals surface area contributed by atoms with Crippen molar-refractivity contribution in [1.29, 1.82) is 0 Å². The van der Waals surface area contributed by atoms with Gasteiger partial charge in [0.2, 0.25) is 0 Å². The molecule has 2 unspecified atom stereocenters. The summed E-state index contributed by atoms with van der Waals surface area (Å²) in [7, 11) is 0. The van der Waals surface area contributed by atoms with E-state index in [1.165, 1.54) is 0 Å². The highest BCUT2D eigenvalue weighted by atomic mass is 35.5. The van der Waals surface area contributed by atoms with Crippen LogP contribution in [0.4, 0.5) is 0 Å². The van der Waals surface area contributed by atoms with E-state index >= 15 is 0 Å². The van der Waals surface area contributed by atoms with E-state index < -0.39 is 5.60 Å². The lowest BCUT2D eigenvalue weighted by Crippen LogP contribution is -2.40. The molecule has 3 rings (SSSR count). The minimum absolute atomic E-state index is 0.129. The molecule has 0 radical (unpaired) electrons. The lowest BCUT2D eigenvalue weighted by atomic mass is 9.92. The summed E-state index contributed by atoms with van der Waals surface area (Å²) in [5.74, 6) is -0.140. The topological polar surface area (TPSA) is 38.3 Å². The third kappa shape index (κ3) is 1.28. The van der Waals surface area contributed by atoms with Gasteiger partial charge in [-0.25, -0.2) is 0 Å². The molecule has 84 valence electrons. The number of esters is 1. The van der Waals surface area contributed by atoms with Gasteiger partial charge in [-0.15, -0.1) is 0 Å². The van der Waals surface area contributed by atoms with E-state index in [0.717, 1.165) is 22.6 Å². The van der Waals surface area contributed by atoms with Crippen molar-refractivity contribution in [2.24, 2.45) is 0 Å². The zero-order valence-electron chi connectivity index (χ0n) is 8.92. The highest BCUT2D eigenvalue weighted by Crippen LogP contribution is 2.41. The fourth-order valence-corrected chi connectivity index (χ4v) is 2.59. The molecule has 3 nitrogen and oxygen atoms in total. The first-order valence-corrected chi connectivity index (χ1v) is 5.71. The first-order valence-electron chi connectivity index (χ1n) is 5.34. The Balaban J connectivity index is 2.04. The quantitative estimate of drug-likeness (QED) is 0.757. The molecule has 1 N–H and O–H groups in total. The largest absolute Gasteiger partial charge is 0.452 e. The van der Waals surface area contributed by atoms with Crippen molar-refractivity contribution in [2.75, 3.05) is 6.54 Å². The summed E-state index contributed by atoms with van der Waals surface area (Å²) in [6.07, 6.45) is 0.729. The molecule has 2 atom stereocenters. The SMILES string of the molecule is Cc1cc(C23CNC(C2)C(=O)O3)ccc1Cl. The molecule has 2 saturated heterocycles. The van der Waals surface area contributed by atoms with Gasteiger partial charge >= 0.3 is 5.97 Å². The van der Waals surface area contributed by atoms with Crippen LogP contribution in [-0.4, -0.2) is 18.6 Å². The molecule has 2 fully saturated rings. The van der Waals surface area contributed by atoms with Crippen molar-refractivity contribution in [2.45, 2.75) is 25.0 Å². The Hall–Kier alpha value is -1.06. The molecule has 1 aromatic rings. The number of fused-ring (bicyclic) bond motifs is 2. The Morgan fingerprint density at radius 1 is 1.56 bits per heavy atom. The molecule has 2 heterocycles. The smallest absolute Gasteiger partial charge is 0.324 e. The number of rotatable bonds is 1. The van der Waals surface area contributed by atoms with Crippen molar-refractivity contribution in [3.8, 4) is 0 Å². The van der Waals surface area contributed by atoms with Crippen molar-refractivity contribution in [1.82, 2.24) is 5.32 Å². The number of hydrogen-bond acceptors (Lipinski definition) is 3. The molecular formula is C12H12ClNO2. The van der Waals surface area contributed by atoms with Gasteiger partial charge in [-0.05, 0) is 24.1 Å². The van der Waals surface area contributed by atoms with Gasteiger partial charge in [0.15, 0.2) is 5.60 Å². The average molecular weight is 238 g/mol. The van der Waals surface area contributed by atoms with Crippen LogP contribution in [0.25, 0.3) is 0 Å². The number of hydrogen-bond donors (Lipinski definition) is 1. The second-order valence-corrected chi connectivity index (χ2v) is 4.92. The standard InChI is InChI=1S/C12H12ClNO2/c1-7-4-8(2-3-9(7)13)12-5-10(14-6-12)11(15)16-12/h2-4,10,14H,5-6H2,1H3. The van der Waals surface area contributed by atoms with E-state index in [4.69, 9.17) is 16.3 Å². The van der Waals surface area contributed by atoms with Gasteiger partial charge in [0.25, 0.3) is 0 Å². The Morgan fingerprint density at radius 2 is 2.38 bits per heavy atom. The lowest BCUT2D eigenvalue weighted by Gasteiger charge is -2.27. The van der Waals surface area contributed by atoms with Crippen LogP contribution in [0.3, 0.4) is 0 Å². The first kappa shape index (κ1) is 10.1. The Kier molecular flexibility index (Phi) is 2.03. The van der Waals surface area contributed by atoms with Crippen LogP contribution in [0, 0.1) is 6.92 Å². The molecule has 4 heteroatoms. The van der Waals surface area contributed by atoms with Gasteiger partial charge < -0.3 is 4.74 Å². The molecule has 2 aliphatic rings. The number of carbonyl (C=O) groups is 1. The molecule has 0 aliphatic carbocycles. The maximum Gasteiger partial charge on any atom is 0.324 e. The minimum Gasteiger partial charge on any atom is -0.452 e. The number of aryl methyl sites for hydroxylation is 1. The van der Waals surface area contributed by atoms with Gasteiger partial charge in [-0.1, -0.05) is 23.7 Å². The van der Waals surface area contributed by atoms with E-state index in [2.05, 4.69) is 5.32 Å². The second kappa shape index (κ2) is 3.22. The van der Waals surface area contributed by atoms with E-state index in [9.17, 15) is 4.79 Å². The van der Waals surface area contributed by atoms with E-state index in [1.54, 1.807) is 0 Å². The fourth-order valence-electron chi connectivity index (χ4n) is 2.48. The molecular weight excluding hydrogens is 226 g/mol. The number of morpholine rings is 1. The number of carbonyl (C=O) groups excluding carboxylic acids is 1. The van der Waals surface area contributed by atoms with Crippen molar-refractivity contribution < 1.29 is 9.53 Å². The minimum atomic E-state index is -0.461. The highest BCUT2D eigenvalue weighted by molar-refractivity contribution is 6.31. The third-order valence-electron chi connectivity index (χ3n) is 3.43. The summed E-state index contributed by atoms with van der Waals surface area (Å²) in [6, 6.07) is 5.68. The second-order valence-electron chi connectivity index (χ2n) is 4.52. The molecule has 0 aromatic heterocycles. The Labute approximate surface area is 98.7 Å². The predicted molar refractivity (Wildman–Crippen MR) is 60.4 cm³/mol. The van der Waals surface area contributed by atoms with Crippen molar-refractivity contribution >= 4 is 17.6 Å². The van der Waals surface area contributed by atoms with Crippen LogP contribution in [0.15, 0.2) is 18.2 Å². The highest BCUT2D eigenvalue weighted by Gasteiger charge is 2.53. The maximum atomic E-state index is 11.5. The summed E-state index contributed by atoms with van der Waals surface area (Å²) in [6.45, 7) is 2.66. The molecule has 16 heavy (non-hydrogen) atoms. The maximum absolute atomic E-state index is 11.5. The summed E-state index contributed by atoms with van der Waals surface area (Å²) in [5, 5.41) is 3.91. The van der Waals surface area contributed by atoms with Crippen LogP contribution in [0.5, 0.6) is 0 Å². The molecule has 2 aliphatic heterocycles. The summed E-state index contributed by atoms with van der Waals surface area (Å²) >= 11 is 5.99. The first-order chi connectivity index (χ1) is 7.61. The molecule has 1 aromatic carbocycles. The zero-order valence-corrected chi connectivity index (χ0v) is 9.67. The number of benzene rings is 1. The number of halogens is 1. The van der Waals surface area contributed by atoms with Gasteiger partial charge in [0.1, 0.15) is 6.04 Å². The molecule has 0 amide bonds. The summed E-state index contributed by atoms with van der Waals surface area (Å²) in [5.41, 5.74) is 1.59. The van der Waals surface area contributed by atoms with Crippen LogP contribution < -0.4 is 5.32 Å². The fraction of sp³-hybridized carbons (Fsp3) is 0.417. The average Bonchev–Trinajstić information content (AvgIpc) is 2.80. The van der Waals surface area contributed by atoms with Gasteiger partial charge in [-0.3, -0.25) is 10.1 Å². The van der Waals surface area contributed by atoms with Crippen molar-refractivity contribution in [3.63, 3.8) is 0 Å². The zero-order chi connectivity index (χ0) is 11.3. The van der Waals surface area contributed by atoms with Crippen LogP contribution >= 0.6 is 11.6 Å². The number of ether oxygens (including phenoxy) is 1. The van der Waals surface area contributed by atoms with Crippen molar-refractivity contribution in [3.05, 3.63) is 34.3 Å². The van der Waals surface area contributed by atoms with E-state index in [-0.39, 0.29) is 12.0 Å².